The monoisotopic (exact) mass is 292 g/mol. The molecule has 1 aromatic carbocycles. The van der Waals surface area contributed by atoms with Gasteiger partial charge in [-0.3, -0.25) is 4.79 Å². The third-order valence-electron chi connectivity index (χ3n) is 2.94. The van der Waals surface area contributed by atoms with Gasteiger partial charge < -0.3 is 10.4 Å². The predicted molar refractivity (Wildman–Crippen MR) is 75.0 cm³/mol. The summed E-state index contributed by atoms with van der Waals surface area (Å²) in [7, 11) is 0. The second-order valence-electron chi connectivity index (χ2n) is 5.37. The van der Waals surface area contributed by atoms with E-state index in [1.165, 1.54) is 23.0 Å². The van der Waals surface area contributed by atoms with E-state index in [4.69, 9.17) is 0 Å². The number of halogens is 1. The zero-order valence-electron chi connectivity index (χ0n) is 12.1. The molecule has 0 fully saturated rings. The highest BCUT2D eigenvalue weighted by atomic mass is 19.1. The highest BCUT2D eigenvalue weighted by Gasteiger charge is 2.20. The van der Waals surface area contributed by atoms with E-state index >= 15 is 0 Å². The standard InChI is InChI=1S/C14H17FN4O2/c1-9-4-5-10(15)6-11(9)16-13(20)8-19-7-12(17-18-19)14(2,3)21/h4-7,21H,8H2,1-3H3,(H,16,20). The fourth-order valence-electron chi connectivity index (χ4n) is 1.72. The molecule has 1 amide bonds. The van der Waals surface area contributed by atoms with Crippen molar-refractivity contribution in [3.8, 4) is 0 Å². The number of nitrogens with one attached hydrogen (secondary N) is 1. The molecule has 0 aliphatic heterocycles. The van der Waals surface area contributed by atoms with E-state index in [9.17, 15) is 14.3 Å². The molecule has 6 nitrogen and oxygen atoms in total. The van der Waals surface area contributed by atoms with Crippen LogP contribution in [0.25, 0.3) is 0 Å². The van der Waals surface area contributed by atoms with Crippen LogP contribution in [0.1, 0.15) is 25.1 Å². The number of aryl methyl sites for hydroxylation is 1. The van der Waals surface area contributed by atoms with Crippen molar-refractivity contribution < 1.29 is 14.3 Å². The Bertz CT molecular complexity index is 661. The Labute approximate surface area is 121 Å². The molecule has 2 N–H and O–H groups in total. The fraction of sp³-hybridized carbons (Fsp3) is 0.357. The molecule has 2 aromatic rings. The highest BCUT2D eigenvalue weighted by molar-refractivity contribution is 5.91. The summed E-state index contributed by atoms with van der Waals surface area (Å²) >= 11 is 0. The number of carbonyl (C=O) groups excluding carboxylic acids is 1. The highest BCUT2D eigenvalue weighted by Crippen LogP contribution is 2.17. The number of nitrogens with zero attached hydrogens (tertiary/aromatic N) is 3. The van der Waals surface area contributed by atoms with Crippen LogP contribution in [0.2, 0.25) is 0 Å². The minimum absolute atomic E-state index is 0.0704. The Hall–Kier alpha value is -2.28. The van der Waals surface area contributed by atoms with Crippen LogP contribution < -0.4 is 5.32 Å². The van der Waals surface area contributed by atoms with Gasteiger partial charge in [0.05, 0.1) is 6.20 Å². The first-order chi connectivity index (χ1) is 9.75. The number of amides is 1. The molecule has 21 heavy (non-hydrogen) atoms. The van der Waals surface area contributed by atoms with Gasteiger partial charge in [0.15, 0.2) is 0 Å². The number of anilines is 1. The van der Waals surface area contributed by atoms with Gasteiger partial charge in [0.2, 0.25) is 5.91 Å². The summed E-state index contributed by atoms with van der Waals surface area (Å²) in [4.78, 5) is 11.9. The first-order valence-corrected chi connectivity index (χ1v) is 6.45. The molecule has 0 spiro atoms. The molecule has 0 aliphatic carbocycles. The third-order valence-corrected chi connectivity index (χ3v) is 2.94. The molecule has 0 saturated heterocycles. The number of hydrogen-bond donors (Lipinski definition) is 2. The van der Waals surface area contributed by atoms with Gasteiger partial charge in [-0.2, -0.15) is 0 Å². The summed E-state index contributed by atoms with van der Waals surface area (Å²) in [5.41, 5.74) is 0.439. The van der Waals surface area contributed by atoms with Crippen LogP contribution >= 0.6 is 0 Å². The first kappa shape index (κ1) is 15.1. The number of aliphatic hydroxyl groups is 1. The maximum atomic E-state index is 13.2. The number of hydrogen-bond acceptors (Lipinski definition) is 4. The number of aromatic nitrogens is 3. The number of rotatable bonds is 4. The zero-order valence-corrected chi connectivity index (χ0v) is 12.1. The van der Waals surface area contributed by atoms with Gasteiger partial charge in [-0.15, -0.1) is 5.10 Å². The second-order valence-corrected chi connectivity index (χ2v) is 5.37. The van der Waals surface area contributed by atoms with Crippen LogP contribution in [0, 0.1) is 12.7 Å². The summed E-state index contributed by atoms with van der Waals surface area (Å²) in [5, 5.41) is 20.0. The van der Waals surface area contributed by atoms with Crippen LogP contribution in [-0.2, 0) is 16.9 Å². The molecule has 112 valence electrons. The van der Waals surface area contributed by atoms with E-state index in [0.717, 1.165) is 5.56 Å². The quantitative estimate of drug-likeness (QED) is 0.897. The van der Waals surface area contributed by atoms with Crippen LogP contribution in [-0.4, -0.2) is 26.0 Å². The Balaban J connectivity index is 2.05. The van der Waals surface area contributed by atoms with Crippen molar-refractivity contribution in [3.63, 3.8) is 0 Å². The van der Waals surface area contributed by atoms with Crippen molar-refractivity contribution in [2.24, 2.45) is 0 Å². The summed E-state index contributed by atoms with van der Waals surface area (Å²) < 4.78 is 14.5. The smallest absolute Gasteiger partial charge is 0.246 e. The molecule has 0 aliphatic rings. The Kier molecular flexibility index (Phi) is 4.04. The van der Waals surface area contributed by atoms with Crippen LogP contribution in [0.5, 0.6) is 0 Å². The van der Waals surface area contributed by atoms with Gasteiger partial charge in [0, 0.05) is 5.69 Å². The Morgan fingerprint density at radius 3 is 2.81 bits per heavy atom. The topological polar surface area (TPSA) is 80.0 Å². The lowest BCUT2D eigenvalue weighted by molar-refractivity contribution is -0.116. The summed E-state index contributed by atoms with van der Waals surface area (Å²) in [6.07, 6.45) is 1.50. The summed E-state index contributed by atoms with van der Waals surface area (Å²) in [5.74, 6) is -0.767. The average molecular weight is 292 g/mol. The van der Waals surface area contributed by atoms with Crippen molar-refractivity contribution >= 4 is 11.6 Å². The van der Waals surface area contributed by atoms with Gasteiger partial charge in [-0.1, -0.05) is 11.3 Å². The molecule has 1 heterocycles. The molecule has 0 radical (unpaired) electrons. The molecule has 2 rings (SSSR count). The minimum atomic E-state index is -1.12. The van der Waals surface area contributed by atoms with E-state index in [-0.39, 0.29) is 12.5 Å². The average Bonchev–Trinajstić information content (AvgIpc) is 2.82. The van der Waals surface area contributed by atoms with Crippen LogP contribution in [0.3, 0.4) is 0 Å². The largest absolute Gasteiger partial charge is 0.384 e. The van der Waals surface area contributed by atoms with E-state index in [2.05, 4.69) is 15.6 Å². The first-order valence-electron chi connectivity index (χ1n) is 6.45. The summed E-state index contributed by atoms with van der Waals surface area (Å²) in [6, 6.07) is 4.18. The lowest BCUT2D eigenvalue weighted by atomic mass is 10.1. The Morgan fingerprint density at radius 2 is 2.19 bits per heavy atom. The number of carbonyl (C=O) groups is 1. The lowest BCUT2D eigenvalue weighted by Crippen LogP contribution is -2.20. The SMILES string of the molecule is Cc1ccc(F)cc1NC(=O)Cn1cc(C(C)(C)O)nn1. The maximum Gasteiger partial charge on any atom is 0.246 e. The molecule has 0 saturated carbocycles. The molecular weight excluding hydrogens is 275 g/mol. The van der Waals surface area contributed by atoms with Crippen molar-refractivity contribution in [1.29, 1.82) is 0 Å². The molecule has 0 atom stereocenters. The van der Waals surface area contributed by atoms with Gasteiger partial charge in [-0.25, -0.2) is 9.07 Å². The van der Waals surface area contributed by atoms with Crippen LogP contribution in [0.15, 0.2) is 24.4 Å². The van der Waals surface area contributed by atoms with Gasteiger partial charge in [-0.05, 0) is 38.5 Å². The molecule has 0 bridgehead atoms. The van der Waals surface area contributed by atoms with Crippen molar-refractivity contribution in [1.82, 2.24) is 15.0 Å². The molecular formula is C14H17FN4O2. The lowest BCUT2D eigenvalue weighted by Gasteiger charge is -2.11. The zero-order chi connectivity index (χ0) is 15.6. The van der Waals surface area contributed by atoms with Crippen molar-refractivity contribution in [2.75, 3.05) is 5.32 Å². The van der Waals surface area contributed by atoms with Gasteiger partial charge in [0.25, 0.3) is 0 Å². The maximum absolute atomic E-state index is 13.2. The van der Waals surface area contributed by atoms with E-state index in [0.29, 0.717) is 11.4 Å². The van der Waals surface area contributed by atoms with Gasteiger partial charge in [0.1, 0.15) is 23.7 Å². The van der Waals surface area contributed by atoms with Crippen molar-refractivity contribution in [2.45, 2.75) is 32.9 Å². The summed E-state index contributed by atoms with van der Waals surface area (Å²) in [6.45, 7) is 4.87. The fourth-order valence-corrected chi connectivity index (χ4v) is 1.72. The van der Waals surface area contributed by atoms with Crippen LogP contribution in [0.4, 0.5) is 10.1 Å². The Morgan fingerprint density at radius 1 is 1.48 bits per heavy atom. The second kappa shape index (κ2) is 5.61. The minimum Gasteiger partial charge on any atom is -0.384 e. The third kappa shape index (κ3) is 3.85. The van der Waals surface area contributed by atoms with E-state index in [1.54, 1.807) is 26.8 Å². The predicted octanol–water partition coefficient (Wildman–Crippen LogP) is 1.59. The van der Waals surface area contributed by atoms with Gasteiger partial charge >= 0.3 is 0 Å². The normalized spacial score (nSPS) is 11.5. The number of benzene rings is 1. The molecule has 0 unspecified atom stereocenters. The molecule has 1 aromatic heterocycles. The van der Waals surface area contributed by atoms with E-state index < -0.39 is 11.4 Å². The van der Waals surface area contributed by atoms with Crippen molar-refractivity contribution in [3.05, 3.63) is 41.5 Å². The van der Waals surface area contributed by atoms with E-state index in [1.807, 2.05) is 0 Å². The molecule has 7 heteroatoms.